The lowest BCUT2D eigenvalue weighted by Crippen LogP contribution is -2.54. The summed E-state index contributed by atoms with van der Waals surface area (Å²) in [6.45, 7) is 3.20. The van der Waals surface area contributed by atoms with Crippen LogP contribution < -0.4 is 14.4 Å². The lowest BCUT2D eigenvalue weighted by Gasteiger charge is -2.34. The predicted molar refractivity (Wildman–Crippen MR) is 183 cm³/mol. The Morgan fingerprint density at radius 2 is 1.57 bits per heavy atom. The number of sulfonamides is 1. The molecule has 1 N–H and O–H groups in total. The molecule has 0 bridgehead atoms. The number of benzene rings is 4. The van der Waals surface area contributed by atoms with Gasteiger partial charge in [-0.2, -0.15) is 0 Å². The molecule has 0 radical (unpaired) electrons. The van der Waals surface area contributed by atoms with Crippen LogP contribution in [0, 0.1) is 0 Å². The highest BCUT2D eigenvalue weighted by Gasteiger charge is 2.35. The maximum Gasteiger partial charge on any atom is 0.264 e. The molecular formula is C35H37Cl2N3O5S. The van der Waals surface area contributed by atoms with Crippen molar-refractivity contribution in [1.82, 2.24) is 10.2 Å². The first-order valence-electron chi connectivity index (χ1n) is 14.8. The Morgan fingerprint density at radius 3 is 2.20 bits per heavy atom. The zero-order chi connectivity index (χ0) is 33.3. The number of methoxy groups -OCH3 is 1. The van der Waals surface area contributed by atoms with Gasteiger partial charge in [0.2, 0.25) is 11.8 Å². The summed E-state index contributed by atoms with van der Waals surface area (Å²) >= 11 is 12.8. The molecule has 0 aliphatic rings. The number of nitrogens with one attached hydrogen (secondary N) is 1. The van der Waals surface area contributed by atoms with E-state index in [1.54, 1.807) is 42.5 Å². The van der Waals surface area contributed by atoms with Gasteiger partial charge in [0.05, 0.1) is 17.7 Å². The van der Waals surface area contributed by atoms with E-state index in [2.05, 4.69) is 5.32 Å². The maximum absolute atomic E-state index is 14.5. The lowest BCUT2D eigenvalue weighted by molar-refractivity contribution is -0.140. The highest BCUT2D eigenvalue weighted by molar-refractivity contribution is 7.92. The summed E-state index contributed by atoms with van der Waals surface area (Å²) in [7, 11) is -2.80. The predicted octanol–water partition coefficient (Wildman–Crippen LogP) is 6.75. The van der Waals surface area contributed by atoms with Crippen LogP contribution in [0.4, 0.5) is 5.69 Å². The van der Waals surface area contributed by atoms with E-state index in [-0.39, 0.29) is 35.5 Å². The molecule has 0 heterocycles. The van der Waals surface area contributed by atoms with E-state index in [9.17, 15) is 18.0 Å². The summed E-state index contributed by atoms with van der Waals surface area (Å²) in [5, 5.41) is 3.73. The van der Waals surface area contributed by atoms with Gasteiger partial charge in [-0.3, -0.25) is 13.9 Å². The minimum Gasteiger partial charge on any atom is -0.497 e. The van der Waals surface area contributed by atoms with E-state index in [1.165, 1.54) is 42.3 Å². The molecule has 0 aromatic heterocycles. The number of rotatable bonds is 14. The Hall–Kier alpha value is -4.05. The van der Waals surface area contributed by atoms with Crippen LogP contribution >= 0.6 is 23.2 Å². The van der Waals surface area contributed by atoms with Gasteiger partial charge in [-0.25, -0.2) is 8.42 Å². The van der Waals surface area contributed by atoms with Gasteiger partial charge in [0.25, 0.3) is 10.0 Å². The number of carbonyl (C=O) groups is 2. The molecule has 0 saturated carbocycles. The van der Waals surface area contributed by atoms with Crippen molar-refractivity contribution >= 4 is 50.7 Å². The first-order valence-corrected chi connectivity index (χ1v) is 17.0. The second-order valence-corrected chi connectivity index (χ2v) is 13.5. The van der Waals surface area contributed by atoms with Crippen LogP contribution in [0.25, 0.3) is 0 Å². The van der Waals surface area contributed by atoms with Crippen LogP contribution in [0.2, 0.25) is 10.0 Å². The Bertz CT molecular complexity index is 1740. The highest BCUT2D eigenvalue weighted by atomic mass is 35.5. The molecule has 242 valence electrons. The van der Waals surface area contributed by atoms with E-state index in [1.807, 2.05) is 44.2 Å². The zero-order valence-electron chi connectivity index (χ0n) is 25.9. The second-order valence-electron chi connectivity index (χ2n) is 10.8. The van der Waals surface area contributed by atoms with Gasteiger partial charge in [0, 0.05) is 29.1 Å². The summed E-state index contributed by atoms with van der Waals surface area (Å²) in [6, 6.07) is 27.4. The van der Waals surface area contributed by atoms with E-state index < -0.39 is 28.5 Å². The number of ether oxygens (including phenoxy) is 1. The fraction of sp³-hybridized carbons (Fsp3) is 0.257. The monoisotopic (exact) mass is 681 g/mol. The van der Waals surface area contributed by atoms with Crippen molar-refractivity contribution in [2.24, 2.45) is 0 Å². The quantitative estimate of drug-likeness (QED) is 0.159. The van der Waals surface area contributed by atoms with E-state index in [0.29, 0.717) is 27.8 Å². The average molecular weight is 683 g/mol. The smallest absolute Gasteiger partial charge is 0.264 e. The summed E-state index contributed by atoms with van der Waals surface area (Å²) in [4.78, 5) is 29.8. The van der Waals surface area contributed by atoms with Crippen LogP contribution in [0.1, 0.15) is 31.4 Å². The largest absolute Gasteiger partial charge is 0.497 e. The van der Waals surface area contributed by atoms with Crippen molar-refractivity contribution in [1.29, 1.82) is 0 Å². The molecule has 4 aromatic rings. The van der Waals surface area contributed by atoms with Crippen molar-refractivity contribution in [3.63, 3.8) is 0 Å². The number of hydrogen-bond donors (Lipinski definition) is 1. The molecule has 0 aliphatic carbocycles. The van der Waals surface area contributed by atoms with Crippen LogP contribution in [-0.2, 0) is 32.6 Å². The van der Waals surface area contributed by atoms with Crippen LogP contribution in [0.15, 0.2) is 108 Å². The summed E-state index contributed by atoms with van der Waals surface area (Å²) < 4.78 is 34.5. The third kappa shape index (κ3) is 8.81. The fourth-order valence-electron chi connectivity index (χ4n) is 4.84. The molecule has 0 fully saturated rings. The number of hydrogen-bond acceptors (Lipinski definition) is 5. The normalized spacial score (nSPS) is 12.5. The molecule has 0 aliphatic heterocycles. The summed E-state index contributed by atoms with van der Waals surface area (Å²) in [6.07, 6.45) is 0.882. The standard InChI is InChI=1S/C35H37Cl2N3O5S/c1-4-25(2)38-35(42)33(21-26-11-6-5-7-12-26)39(23-27-13-8-9-16-32(27)37)34(41)24-40(29-15-10-14-28(36)22-29)46(43,44)31-19-17-30(45-3)18-20-31/h5-20,22,25,33H,4,21,23-24H2,1-3H3,(H,38,42)/t25-,33+/m0/s1. The van der Waals surface area contributed by atoms with Gasteiger partial charge >= 0.3 is 0 Å². The minimum absolute atomic E-state index is 0.0318. The molecule has 8 nitrogen and oxygen atoms in total. The lowest BCUT2D eigenvalue weighted by atomic mass is 10.0. The maximum atomic E-state index is 14.5. The number of halogens is 2. The molecule has 11 heteroatoms. The number of anilines is 1. The molecular weight excluding hydrogens is 645 g/mol. The Kier molecular flexibility index (Phi) is 12.1. The molecule has 46 heavy (non-hydrogen) atoms. The van der Waals surface area contributed by atoms with E-state index in [4.69, 9.17) is 27.9 Å². The molecule has 4 aromatic carbocycles. The topological polar surface area (TPSA) is 96.0 Å². The van der Waals surface area contributed by atoms with Gasteiger partial charge in [0.1, 0.15) is 18.3 Å². The van der Waals surface area contributed by atoms with Gasteiger partial charge in [-0.1, -0.05) is 84.7 Å². The van der Waals surface area contributed by atoms with E-state index in [0.717, 1.165) is 9.87 Å². The molecule has 2 atom stereocenters. The number of carbonyl (C=O) groups excluding carboxylic acids is 2. The van der Waals surface area contributed by atoms with Crippen molar-refractivity contribution in [3.05, 3.63) is 124 Å². The van der Waals surface area contributed by atoms with E-state index >= 15 is 0 Å². The summed E-state index contributed by atoms with van der Waals surface area (Å²) in [5.41, 5.74) is 1.64. The van der Waals surface area contributed by atoms with Crippen LogP contribution in [0.3, 0.4) is 0 Å². The first-order chi connectivity index (χ1) is 22.0. The molecule has 0 unspecified atom stereocenters. The summed E-state index contributed by atoms with van der Waals surface area (Å²) in [5.74, 6) is -0.477. The third-order valence-corrected chi connectivity index (χ3v) is 9.99. The fourth-order valence-corrected chi connectivity index (χ4v) is 6.63. The Labute approximate surface area is 280 Å². The molecule has 0 saturated heterocycles. The average Bonchev–Trinajstić information content (AvgIpc) is 3.06. The van der Waals surface area contributed by atoms with Gasteiger partial charge in [-0.05, 0) is 73.0 Å². The second kappa shape index (κ2) is 16.0. The van der Waals surface area contributed by atoms with Crippen LogP contribution in [0.5, 0.6) is 5.75 Å². The van der Waals surface area contributed by atoms with Crippen LogP contribution in [-0.4, -0.2) is 50.9 Å². The van der Waals surface area contributed by atoms with Crippen molar-refractivity contribution < 1.29 is 22.7 Å². The van der Waals surface area contributed by atoms with Gasteiger partial charge < -0.3 is 15.0 Å². The van der Waals surface area contributed by atoms with Crippen molar-refractivity contribution in [2.75, 3.05) is 18.0 Å². The number of amides is 2. The van der Waals surface area contributed by atoms with Gasteiger partial charge in [0.15, 0.2) is 0 Å². The first kappa shape index (κ1) is 34.8. The highest BCUT2D eigenvalue weighted by Crippen LogP contribution is 2.28. The Balaban J connectivity index is 1.82. The number of nitrogens with zero attached hydrogens (tertiary/aromatic N) is 2. The molecule has 0 spiro atoms. The molecule has 4 rings (SSSR count). The SMILES string of the molecule is CC[C@H](C)NC(=O)[C@@H](Cc1ccccc1)N(Cc1ccccc1Cl)C(=O)CN(c1cccc(Cl)c1)S(=O)(=O)c1ccc(OC)cc1. The third-order valence-electron chi connectivity index (χ3n) is 7.59. The zero-order valence-corrected chi connectivity index (χ0v) is 28.2. The Morgan fingerprint density at radius 1 is 0.891 bits per heavy atom. The molecule has 2 amide bonds. The van der Waals surface area contributed by atoms with Crippen molar-refractivity contribution in [3.8, 4) is 5.75 Å². The van der Waals surface area contributed by atoms with Crippen molar-refractivity contribution in [2.45, 2.75) is 50.2 Å². The minimum atomic E-state index is -4.29. The van der Waals surface area contributed by atoms with Gasteiger partial charge in [-0.15, -0.1) is 0 Å².